The van der Waals surface area contributed by atoms with E-state index in [0.717, 1.165) is 11.4 Å². The van der Waals surface area contributed by atoms with Crippen molar-refractivity contribution in [3.05, 3.63) is 58.8 Å². The van der Waals surface area contributed by atoms with Crippen LogP contribution in [0.15, 0.2) is 52.0 Å². The maximum absolute atomic E-state index is 13.0. The molecule has 5 aliphatic rings. The molecule has 2 saturated carbocycles. The van der Waals surface area contributed by atoms with E-state index in [2.05, 4.69) is 17.3 Å². The summed E-state index contributed by atoms with van der Waals surface area (Å²) in [5.41, 5.74) is 0.892. The second kappa shape index (κ2) is 7.42. The van der Waals surface area contributed by atoms with Crippen LogP contribution in [0.25, 0.3) is 11.3 Å². The number of carbonyl (C=O) groups excluding carboxylic acids is 3. The number of ether oxygens (including phenoxy) is 1. The SMILES string of the molecule is CCOC(=O)c1cc(-c2ccc(/C=N\N3C(=O)[C@@H]4[C@@H]5C=C[C@H]([C@@H]6C[C@H]56)[C@H]4C3=O)o2)ccc1Cl. The maximum Gasteiger partial charge on any atom is 0.339 e. The normalized spacial score (nSPS) is 31.3. The summed E-state index contributed by atoms with van der Waals surface area (Å²) >= 11 is 6.13. The lowest BCUT2D eigenvalue weighted by molar-refractivity contribution is -0.140. The largest absolute Gasteiger partial charge is 0.462 e. The fourth-order valence-electron chi connectivity index (χ4n) is 5.79. The highest BCUT2D eigenvalue weighted by Gasteiger charge is 2.67. The molecule has 1 aromatic heterocycles. The van der Waals surface area contributed by atoms with Gasteiger partial charge in [0.2, 0.25) is 0 Å². The maximum atomic E-state index is 13.0. The van der Waals surface area contributed by atoms with E-state index in [1.807, 2.05) is 0 Å². The molecule has 0 spiro atoms. The quantitative estimate of drug-likeness (QED) is 0.287. The molecule has 33 heavy (non-hydrogen) atoms. The number of amides is 2. The zero-order chi connectivity index (χ0) is 22.9. The molecule has 0 N–H and O–H groups in total. The van der Waals surface area contributed by atoms with Crippen molar-refractivity contribution in [2.75, 3.05) is 6.61 Å². The topological polar surface area (TPSA) is 89.2 Å². The molecule has 3 fully saturated rings. The van der Waals surface area contributed by atoms with Crippen LogP contribution in [0.1, 0.15) is 29.5 Å². The summed E-state index contributed by atoms with van der Waals surface area (Å²) in [5, 5.41) is 5.52. The van der Waals surface area contributed by atoms with Crippen LogP contribution in [-0.2, 0) is 14.3 Å². The highest BCUT2D eigenvalue weighted by Crippen LogP contribution is 2.65. The molecule has 7 nitrogen and oxygen atoms in total. The molecule has 2 heterocycles. The molecular weight excluding hydrogens is 444 g/mol. The number of esters is 1. The van der Waals surface area contributed by atoms with Crippen molar-refractivity contribution in [1.29, 1.82) is 0 Å². The van der Waals surface area contributed by atoms with Crippen molar-refractivity contribution in [1.82, 2.24) is 5.01 Å². The van der Waals surface area contributed by atoms with Gasteiger partial charge in [0, 0.05) is 5.56 Å². The smallest absolute Gasteiger partial charge is 0.339 e. The molecule has 0 unspecified atom stereocenters. The van der Waals surface area contributed by atoms with Gasteiger partial charge in [-0.1, -0.05) is 23.8 Å². The van der Waals surface area contributed by atoms with Crippen LogP contribution >= 0.6 is 11.6 Å². The summed E-state index contributed by atoms with van der Waals surface area (Å²) in [6.07, 6.45) is 6.77. The number of halogens is 1. The third-order valence-corrected chi connectivity index (χ3v) is 7.64. The standard InChI is InChI=1S/C25H21ClN2O5/c1-2-32-25(31)18-9-12(3-7-19(18)26)20-8-4-13(33-20)11-27-28-23(29)21-14-5-6-15(17-10-16(14)17)22(21)24(28)30/h3-9,11,14-17,21-22H,2,10H2,1H3/b27-11-/t14-,15-,16-,17+,21-,22-/m1/s1. The summed E-state index contributed by atoms with van der Waals surface area (Å²) in [4.78, 5) is 38.1. The van der Waals surface area contributed by atoms with E-state index in [4.69, 9.17) is 20.8 Å². The van der Waals surface area contributed by atoms with Crippen LogP contribution in [0.5, 0.6) is 0 Å². The van der Waals surface area contributed by atoms with Crippen LogP contribution < -0.4 is 0 Å². The summed E-state index contributed by atoms with van der Waals surface area (Å²) < 4.78 is 10.9. The fourth-order valence-corrected chi connectivity index (χ4v) is 5.99. The molecule has 2 amide bonds. The van der Waals surface area contributed by atoms with Crippen LogP contribution in [0.4, 0.5) is 0 Å². The Bertz CT molecular complexity index is 1210. The van der Waals surface area contributed by atoms with E-state index in [0.29, 0.717) is 33.9 Å². The van der Waals surface area contributed by atoms with Crippen molar-refractivity contribution >= 4 is 35.6 Å². The molecule has 2 bridgehead atoms. The van der Waals surface area contributed by atoms with E-state index in [9.17, 15) is 14.4 Å². The van der Waals surface area contributed by atoms with E-state index in [1.165, 1.54) is 6.21 Å². The lowest BCUT2D eigenvalue weighted by Gasteiger charge is -2.37. The number of carbonyl (C=O) groups is 3. The minimum absolute atomic E-state index is 0.162. The molecular formula is C25H21ClN2O5. The van der Waals surface area contributed by atoms with Gasteiger partial charge in [0.25, 0.3) is 11.8 Å². The summed E-state index contributed by atoms with van der Waals surface area (Å²) in [5.74, 6) is 0.806. The number of rotatable bonds is 5. The summed E-state index contributed by atoms with van der Waals surface area (Å²) in [6.45, 7) is 1.97. The first-order valence-electron chi connectivity index (χ1n) is 11.1. The lowest BCUT2D eigenvalue weighted by atomic mass is 9.63. The Balaban J connectivity index is 1.22. The molecule has 1 aromatic carbocycles. The van der Waals surface area contributed by atoms with Gasteiger partial charge < -0.3 is 9.15 Å². The predicted molar refractivity (Wildman–Crippen MR) is 119 cm³/mol. The molecule has 7 rings (SSSR count). The number of hydrogen-bond acceptors (Lipinski definition) is 6. The van der Waals surface area contributed by atoms with Crippen molar-refractivity contribution in [3.63, 3.8) is 0 Å². The van der Waals surface area contributed by atoms with Gasteiger partial charge in [-0.15, -0.1) is 0 Å². The van der Waals surface area contributed by atoms with E-state index >= 15 is 0 Å². The highest BCUT2D eigenvalue weighted by molar-refractivity contribution is 6.33. The van der Waals surface area contributed by atoms with E-state index < -0.39 is 5.97 Å². The highest BCUT2D eigenvalue weighted by atomic mass is 35.5. The number of benzene rings is 1. The Labute approximate surface area is 195 Å². The molecule has 1 saturated heterocycles. The zero-order valence-corrected chi connectivity index (χ0v) is 18.6. The van der Waals surface area contributed by atoms with Gasteiger partial charge in [0.05, 0.1) is 35.2 Å². The number of hydrazone groups is 1. The average molecular weight is 465 g/mol. The average Bonchev–Trinajstić information content (AvgIpc) is 3.45. The van der Waals surface area contributed by atoms with Gasteiger partial charge in [0.15, 0.2) is 0 Å². The minimum atomic E-state index is -0.508. The van der Waals surface area contributed by atoms with Crippen LogP contribution in [0, 0.1) is 35.5 Å². The molecule has 6 atom stereocenters. The van der Waals surface area contributed by atoms with Gasteiger partial charge in [0.1, 0.15) is 11.5 Å². The Morgan fingerprint density at radius 1 is 1.15 bits per heavy atom. The van der Waals surface area contributed by atoms with Crippen molar-refractivity contribution in [2.24, 2.45) is 40.6 Å². The molecule has 2 aromatic rings. The zero-order valence-electron chi connectivity index (χ0n) is 17.8. The lowest BCUT2D eigenvalue weighted by Crippen LogP contribution is -2.40. The predicted octanol–water partition coefficient (Wildman–Crippen LogP) is 4.16. The summed E-state index contributed by atoms with van der Waals surface area (Å²) in [6, 6.07) is 8.36. The molecule has 1 aliphatic heterocycles. The van der Waals surface area contributed by atoms with E-state index in [1.54, 1.807) is 37.3 Å². The number of furan rings is 1. The molecule has 168 valence electrons. The molecule has 8 heteroatoms. The minimum Gasteiger partial charge on any atom is -0.462 e. The Morgan fingerprint density at radius 2 is 1.85 bits per heavy atom. The Kier molecular flexibility index (Phi) is 4.59. The van der Waals surface area contributed by atoms with Gasteiger partial charge in [-0.05, 0) is 67.3 Å². The van der Waals surface area contributed by atoms with Crippen LogP contribution in [0.2, 0.25) is 5.02 Å². The third kappa shape index (κ3) is 3.09. The first-order valence-corrected chi connectivity index (χ1v) is 11.5. The van der Waals surface area contributed by atoms with Crippen molar-refractivity contribution in [3.8, 4) is 11.3 Å². The first kappa shape index (κ1) is 20.4. The first-order chi connectivity index (χ1) is 16.0. The van der Waals surface area contributed by atoms with Crippen molar-refractivity contribution in [2.45, 2.75) is 13.3 Å². The second-order valence-electron chi connectivity index (χ2n) is 9.00. The van der Waals surface area contributed by atoms with Crippen LogP contribution in [-0.4, -0.2) is 35.6 Å². The van der Waals surface area contributed by atoms with Gasteiger partial charge in [-0.3, -0.25) is 9.59 Å². The Morgan fingerprint density at radius 3 is 2.52 bits per heavy atom. The molecule has 0 radical (unpaired) electrons. The van der Waals surface area contributed by atoms with Crippen molar-refractivity contribution < 1.29 is 23.5 Å². The third-order valence-electron chi connectivity index (χ3n) is 7.31. The molecule has 4 aliphatic carbocycles. The number of allylic oxidation sites excluding steroid dienone is 2. The fraction of sp³-hybridized carbons (Fsp3) is 0.360. The van der Waals surface area contributed by atoms with E-state index in [-0.39, 0.29) is 47.7 Å². The summed E-state index contributed by atoms with van der Waals surface area (Å²) in [7, 11) is 0. The second-order valence-corrected chi connectivity index (χ2v) is 9.41. The van der Waals surface area contributed by atoms with Gasteiger partial charge in [-0.2, -0.15) is 10.1 Å². The number of imide groups is 1. The number of nitrogens with zero attached hydrogens (tertiary/aromatic N) is 2. The monoisotopic (exact) mass is 464 g/mol. The van der Waals surface area contributed by atoms with Gasteiger partial charge in [-0.25, -0.2) is 4.79 Å². The number of hydrogen-bond donors (Lipinski definition) is 0. The van der Waals surface area contributed by atoms with Crippen LogP contribution in [0.3, 0.4) is 0 Å². The Hall–Kier alpha value is -3.19. The van der Waals surface area contributed by atoms with Gasteiger partial charge >= 0.3 is 5.97 Å².